The van der Waals surface area contributed by atoms with Crippen LogP contribution >= 0.6 is 0 Å². The molecule has 0 spiro atoms. The molecule has 6 heteroatoms. The molecule has 6 nitrogen and oxygen atoms in total. The molecular formula is C9H15N3O3. The maximum atomic E-state index is 8.50. The molecule has 0 radical (unpaired) electrons. The van der Waals surface area contributed by atoms with Gasteiger partial charge < -0.3 is 14.2 Å². The van der Waals surface area contributed by atoms with Gasteiger partial charge in [-0.1, -0.05) is 12.0 Å². The summed E-state index contributed by atoms with van der Waals surface area (Å²) in [5, 5.41) is 3.73. The molecule has 2 aliphatic rings. The third-order valence-corrected chi connectivity index (χ3v) is 2.70. The topological polar surface area (TPSA) is 76.5 Å². The van der Waals surface area contributed by atoms with Crippen LogP contribution in [0.2, 0.25) is 0 Å². The Kier molecular flexibility index (Phi) is 2.60. The molecule has 2 aliphatic heterocycles. The Hall–Kier alpha value is -0.810. The lowest BCUT2D eigenvalue weighted by Gasteiger charge is -2.22. The molecule has 0 aliphatic carbocycles. The van der Waals surface area contributed by atoms with Crippen molar-refractivity contribution in [3.05, 3.63) is 10.4 Å². The van der Waals surface area contributed by atoms with Crippen LogP contribution in [0.4, 0.5) is 0 Å². The van der Waals surface area contributed by atoms with E-state index in [4.69, 9.17) is 19.7 Å². The van der Waals surface area contributed by atoms with Gasteiger partial charge in [-0.25, -0.2) is 0 Å². The van der Waals surface area contributed by atoms with Crippen LogP contribution in [-0.4, -0.2) is 30.3 Å². The fourth-order valence-electron chi connectivity index (χ4n) is 2.10. The van der Waals surface area contributed by atoms with E-state index in [1.165, 1.54) is 0 Å². The van der Waals surface area contributed by atoms with Crippen LogP contribution in [0.1, 0.15) is 27.2 Å². The van der Waals surface area contributed by atoms with E-state index < -0.39 is 12.1 Å². The van der Waals surface area contributed by atoms with Crippen LogP contribution in [-0.2, 0) is 14.2 Å². The number of nitrogens with zero attached hydrogens (tertiary/aromatic N) is 3. The molecule has 4 atom stereocenters. The Morgan fingerprint density at radius 3 is 2.73 bits per heavy atom. The smallest absolute Gasteiger partial charge is 0.187 e. The summed E-state index contributed by atoms with van der Waals surface area (Å²) in [6.07, 6.45) is -0.00240. The highest BCUT2D eigenvalue weighted by Crippen LogP contribution is 2.39. The number of hydrogen-bond acceptors (Lipinski definition) is 4. The zero-order valence-electron chi connectivity index (χ0n) is 9.08. The van der Waals surface area contributed by atoms with E-state index in [2.05, 4.69) is 10.0 Å². The fraction of sp³-hybridized carbons (Fsp3) is 1.00. The van der Waals surface area contributed by atoms with E-state index in [1.54, 1.807) is 0 Å². The summed E-state index contributed by atoms with van der Waals surface area (Å²) >= 11 is 0. The van der Waals surface area contributed by atoms with Gasteiger partial charge in [-0.2, -0.15) is 0 Å². The normalized spacial score (nSPS) is 42.3. The van der Waals surface area contributed by atoms with Crippen molar-refractivity contribution in [3.63, 3.8) is 0 Å². The first kappa shape index (κ1) is 10.7. The van der Waals surface area contributed by atoms with Gasteiger partial charge >= 0.3 is 0 Å². The van der Waals surface area contributed by atoms with E-state index in [0.717, 1.165) is 6.42 Å². The Balaban J connectivity index is 2.17. The minimum absolute atomic E-state index is 0.105. The highest BCUT2D eigenvalue weighted by Gasteiger charge is 2.53. The van der Waals surface area contributed by atoms with Crippen molar-refractivity contribution in [1.82, 2.24) is 0 Å². The largest absolute Gasteiger partial charge is 0.346 e. The first-order valence-electron chi connectivity index (χ1n) is 5.12. The summed E-state index contributed by atoms with van der Waals surface area (Å²) in [6, 6.07) is -0.285. The molecule has 2 saturated heterocycles. The van der Waals surface area contributed by atoms with Crippen LogP contribution in [0, 0.1) is 0 Å². The molecule has 2 heterocycles. The summed E-state index contributed by atoms with van der Waals surface area (Å²) in [5.74, 6) is -0.655. The average molecular weight is 213 g/mol. The SMILES string of the molecule is CC[C@@H]1O[C@H]2OC(C)(C)O[C@H]2[C@H]1N=[N+]=[N-]. The molecule has 0 N–H and O–H groups in total. The number of rotatable bonds is 2. The van der Waals surface area contributed by atoms with Crippen LogP contribution in [0.5, 0.6) is 0 Å². The van der Waals surface area contributed by atoms with E-state index in [9.17, 15) is 0 Å². The highest BCUT2D eigenvalue weighted by atomic mass is 16.8. The van der Waals surface area contributed by atoms with Gasteiger partial charge in [-0.05, 0) is 25.8 Å². The minimum atomic E-state index is -0.655. The van der Waals surface area contributed by atoms with Gasteiger partial charge in [-0.3, -0.25) is 0 Å². The minimum Gasteiger partial charge on any atom is -0.346 e. The summed E-state index contributed by atoms with van der Waals surface area (Å²) in [5.41, 5.74) is 8.50. The van der Waals surface area contributed by atoms with Gasteiger partial charge in [0.1, 0.15) is 6.10 Å². The summed E-state index contributed by atoms with van der Waals surface area (Å²) in [7, 11) is 0. The molecule has 0 aromatic carbocycles. The van der Waals surface area contributed by atoms with Crippen molar-refractivity contribution < 1.29 is 14.2 Å². The quantitative estimate of drug-likeness (QED) is 0.399. The molecular weight excluding hydrogens is 198 g/mol. The maximum absolute atomic E-state index is 8.50. The van der Waals surface area contributed by atoms with Gasteiger partial charge in [0.25, 0.3) is 0 Å². The number of hydrogen-bond donors (Lipinski definition) is 0. The van der Waals surface area contributed by atoms with Gasteiger partial charge in [0, 0.05) is 4.91 Å². The van der Waals surface area contributed by atoms with Gasteiger partial charge in [0.2, 0.25) is 0 Å². The second-order valence-corrected chi connectivity index (χ2v) is 4.25. The molecule has 0 unspecified atom stereocenters. The zero-order valence-corrected chi connectivity index (χ0v) is 9.08. The third kappa shape index (κ3) is 1.81. The second-order valence-electron chi connectivity index (χ2n) is 4.25. The van der Waals surface area contributed by atoms with Crippen LogP contribution in [0.25, 0.3) is 10.4 Å². The number of fused-ring (bicyclic) bond motifs is 1. The van der Waals surface area contributed by atoms with E-state index >= 15 is 0 Å². The monoisotopic (exact) mass is 213 g/mol. The lowest BCUT2D eigenvalue weighted by Crippen LogP contribution is -2.32. The molecule has 2 fully saturated rings. The molecule has 84 valence electrons. The zero-order chi connectivity index (χ0) is 11.1. The van der Waals surface area contributed by atoms with Crippen LogP contribution in [0.15, 0.2) is 5.11 Å². The standard InChI is InChI=1S/C9H15N3O3/c1-4-5-6(11-12-10)7-8(13-5)15-9(2,3)14-7/h5-8H,4H2,1-3H3/t5-,6-,7-,8-/m0/s1. The fourth-order valence-corrected chi connectivity index (χ4v) is 2.10. The predicted octanol–water partition coefficient (Wildman–Crippen LogP) is 1.95. The van der Waals surface area contributed by atoms with Crippen molar-refractivity contribution >= 4 is 0 Å². The molecule has 2 rings (SSSR count). The molecule has 15 heavy (non-hydrogen) atoms. The molecule has 0 amide bonds. The number of azide groups is 1. The van der Waals surface area contributed by atoms with E-state index in [1.807, 2.05) is 20.8 Å². The maximum Gasteiger partial charge on any atom is 0.187 e. The van der Waals surface area contributed by atoms with Crippen molar-refractivity contribution in [2.45, 2.75) is 57.5 Å². The number of ether oxygens (including phenoxy) is 3. The highest BCUT2D eigenvalue weighted by molar-refractivity contribution is 4.97. The second kappa shape index (κ2) is 3.64. The molecule has 0 aromatic heterocycles. The van der Waals surface area contributed by atoms with Gasteiger partial charge in [0.15, 0.2) is 12.1 Å². The summed E-state index contributed by atoms with van der Waals surface area (Å²) in [4.78, 5) is 2.83. The summed E-state index contributed by atoms with van der Waals surface area (Å²) in [6.45, 7) is 5.63. The van der Waals surface area contributed by atoms with Gasteiger partial charge in [0.05, 0.1) is 12.1 Å². The Bertz CT molecular complexity index is 301. The van der Waals surface area contributed by atoms with Gasteiger partial charge in [-0.15, -0.1) is 0 Å². The summed E-state index contributed by atoms with van der Waals surface area (Å²) < 4.78 is 16.8. The van der Waals surface area contributed by atoms with Crippen molar-refractivity contribution in [2.75, 3.05) is 0 Å². The Morgan fingerprint density at radius 2 is 2.13 bits per heavy atom. The average Bonchev–Trinajstić information content (AvgIpc) is 2.60. The first-order valence-corrected chi connectivity index (χ1v) is 5.12. The molecule has 0 saturated carbocycles. The van der Waals surface area contributed by atoms with Crippen LogP contribution in [0.3, 0.4) is 0 Å². The van der Waals surface area contributed by atoms with Crippen molar-refractivity contribution in [3.8, 4) is 0 Å². The first-order chi connectivity index (χ1) is 7.07. The lowest BCUT2D eigenvalue weighted by atomic mass is 10.1. The van der Waals surface area contributed by atoms with E-state index in [0.29, 0.717) is 0 Å². The Morgan fingerprint density at radius 1 is 1.40 bits per heavy atom. The van der Waals surface area contributed by atoms with E-state index in [-0.39, 0.29) is 18.2 Å². The third-order valence-electron chi connectivity index (χ3n) is 2.70. The Labute approximate surface area is 88.1 Å². The van der Waals surface area contributed by atoms with Crippen LogP contribution < -0.4 is 0 Å². The molecule has 0 bridgehead atoms. The predicted molar refractivity (Wildman–Crippen MR) is 51.9 cm³/mol. The lowest BCUT2D eigenvalue weighted by molar-refractivity contribution is -0.206. The van der Waals surface area contributed by atoms with Crippen molar-refractivity contribution in [2.24, 2.45) is 5.11 Å². The van der Waals surface area contributed by atoms with Crippen molar-refractivity contribution in [1.29, 1.82) is 0 Å². The molecule has 0 aromatic rings.